The lowest BCUT2D eigenvalue weighted by Crippen LogP contribution is -2.54. The van der Waals surface area contributed by atoms with E-state index in [4.69, 9.17) is 24.7 Å². The van der Waals surface area contributed by atoms with Crippen LogP contribution in [0.15, 0.2) is 42.5 Å². The highest BCUT2D eigenvalue weighted by atomic mass is 19.1. The molecule has 2 saturated heterocycles. The molecule has 1 atom stereocenters. The first-order valence-corrected chi connectivity index (χ1v) is 14.7. The van der Waals surface area contributed by atoms with Crippen molar-refractivity contribution in [2.75, 3.05) is 66.3 Å². The first-order chi connectivity index (χ1) is 20.4. The van der Waals surface area contributed by atoms with E-state index in [1.54, 1.807) is 11.0 Å². The van der Waals surface area contributed by atoms with E-state index < -0.39 is 18.0 Å². The average Bonchev–Trinajstić information content (AvgIpc) is 3.01. The van der Waals surface area contributed by atoms with Gasteiger partial charge in [-0.2, -0.15) is 0 Å². The third-order valence-electron chi connectivity index (χ3n) is 7.97. The van der Waals surface area contributed by atoms with Crippen LogP contribution in [-0.2, 0) is 27.2 Å². The monoisotopic (exact) mass is 586 g/mol. The lowest BCUT2D eigenvalue weighted by molar-refractivity contribution is -0.146. The Morgan fingerprint density at radius 1 is 0.952 bits per heavy atom. The number of rotatable bonds is 13. The fourth-order valence-electron chi connectivity index (χ4n) is 5.67. The van der Waals surface area contributed by atoms with E-state index >= 15 is 4.39 Å². The minimum absolute atomic E-state index is 0.0631. The van der Waals surface area contributed by atoms with Crippen LogP contribution in [0.25, 0.3) is 0 Å². The second-order valence-corrected chi connectivity index (χ2v) is 10.7. The SMILES string of the molecule is CCOc1ccc(OCOC)c(F)c1CN1CCN(C(=O)[C@H](OC(N)=O)C2CCN(CCc3ccccc3)CC2)CC1. The van der Waals surface area contributed by atoms with E-state index in [9.17, 15) is 9.59 Å². The van der Waals surface area contributed by atoms with Crippen molar-refractivity contribution in [3.8, 4) is 11.5 Å². The van der Waals surface area contributed by atoms with Crippen molar-refractivity contribution in [1.82, 2.24) is 14.7 Å². The number of methoxy groups -OCH3 is 1. The highest BCUT2D eigenvalue weighted by molar-refractivity contribution is 5.83. The lowest BCUT2D eigenvalue weighted by Gasteiger charge is -2.39. The van der Waals surface area contributed by atoms with Gasteiger partial charge in [-0.15, -0.1) is 0 Å². The zero-order chi connectivity index (χ0) is 29.9. The number of piperidine rings is 1. The maximum atomic E-state index is 15.3. The Hall–Kier alpha value is -3.41. The smallest absolute Gasteiger partial charge is 0.405 e. The fraction of sp³-hybridized carbons (Fsp3) is 0.548. The van der Waals surface area contributed by atoms with E-state index in [1.807, 2.05) is 25.1 Å². The third kappa shape index (κ3) is 8.56. The van der Waals surface area contributed by atoms with E-state index in [2.05, 4.69) is 21.9 Å². The van der Waals surface area contributed by atoms with Crippen LogP contribution in [0.4, 0.5) is 9.18 Å². The molecule has 2 fully saturated rings. The Morgan fingerprint density at radius 2 is 1.64 bits per heavy atom. The Labute approximate surface area is 247 Å². The number of piperazine rings is 1. The highest BCUT2D eigenvalue weighted by Gasteiger charge is 2.37. The highest BCUT2D eigenvalue weighted by Crippen LogP contribution is 2.31. The van der Waals surface area contributed by atoms with Crippen LogP contribution < -0.4 is 15.2 Å². The largest absolute Gasteiger partial charge is 0.493 e. The Morgan fingerprint density at radius 3 is 2.29 bits per heavy atom. The summed E-state index contributed by atoms with van der Waals surface area (Å²) in [6, 6.07) is 13.6. The molecule has 0 radical (unpaired) electrons. The Kier molecular flexibility index (Phi) is 11.8. The molecule has 2 amide bonds. The first-order valence-electron chi connectivity index (χ1n) is 14.7. The van der Waals surface area contributed by atoms with Crippen LogP contribution in [0, 0.1) is 11.7 Å². The number of nitrogens with zero attached hydrogens (tertiary/aromatic N) is 3. The molecule has 4 rings (SSSR count). The summed E-state index contributed by atoms with van der Waals surface area (Å²) in [6.07, 6.45) is 0.629. The zero-order valence-corrected chi connectivity index (χ0v) is 24.6. The Bertz CT molecular complexity index is 1150. The van der Waals surface area contributed by atoms with Crippen LogP contribution in [0.2, 0.25) is 0 Å². The van der Waals surface area contributed by atoms with Gasteiger partial charge in [0.15, 0.2) is 24.5 Å². The van der Waals surface area contributed by atoms with Crippen molar-refractivity contribution in [2.24, 2.45) is 11.7 Å². The Balaban J connectivity index is 1.32. The molecular formula is C31H43FN4O6. The number of hydrogen-bond donors (Lipinski definition) is 1. The molecule has 2 aliphatic rings. The molecule has 10 nitrogen and oxygen atoms in total. The number of benzene rings is 2. The molecule has 0 saturated carbocycles. The summed E-state index contributed by atoms with van der Waals surface area (Å²) in [6.45, 7) is 7.01. The normalized spacial score (nSPS) is 17.5. The predicted molar refractivity (Wildman–Crippen MR) is 156 cm³/mol. The molecule has 0 spiro atoms. The number of carbonyl (C=O) groups is 2. The average molecular weight is 587 g/mol. The molecule has 0 unspecified atom stereocenters. The van der Waals surface area contributed by atoms with Gasteiger partial charge in [-0.3, -0.25) is 9.69 Å². The van der Waals surface area contributed by atoms with Gasteiger partial charge in [0.1, 0.15) is 5.75 Å². The number of hydrogen-bond acceptors (Lipinski definition) is 8. The number of carbonyl (C=O) groups excluding carboxylic acids is 2. The number of nitrogens with two attached hydrogens (primary N) is 1. The van der Waals surface area contributed by atoms with Gasteiger partial charge in [-0.05, 0) is 57.0 Å². The molecule has 230 valence electrons. The summed E-state index contributed by atoms with van der Waals surface area (Å²) in [7, 11) is 1.48. The molecule has 0 bridgehead atoms. The number of likely N-dealkylation sites (tertiary alicyclic amines) is 1. The molecular weight excluding hydrogens is 543 g/mol. The first kappa shape index (κ1) is 31.5. The van der Waals surface area contributed by atoms with Crippen LogP contribution in [0.1, 0.15) is 30.9 Å². The molecule has 0 aliphatic carbocycles. The fourth-order valence-corrected chi connectivity index (χ4v) is 5.67. The summed E-state index contributed by atoms with van der Waals surface area (Å²) in [5.41, 5.74) is 7.10. The minimum atomic E-state index is -0.937. The predicted octanol–water partition coefficient (Wildman–Crippen LogP) is 3.27. The van der Waals surface area contributed by atoms with Crippen LogP contribution >= 0.6 is 0 Å². The van der Waals surface area contributed by atoms with Crippen LogP contribution in [0.5, 0.6) is 11.5 Å². The summed E-state index contributed by atoms with van der Waals surface area (Å²) >= 11 is 0. The maximum Gasteiger partial charge on any atom is 0.405 e. The molecule has 2 aliphatic heterocycles. The summed E-state index contributed by atoms with van der Waals surface area (Å²) < 4.78 is 36.7. The topological polar surface area (TPSA) is 107 Å². The van der Waals surface area contributed by atoms with E-state index in [1.165, 1.54) is 18.7 Å². The van der Waals surface area contributed by atoms with Gasteiger partial charge in [-0.25, -0.2) is 9.18 Å². The molecule has 0 aromatic heterocycles. The van der Waals surface area contributed by atoms with E-state index in [0.29, 0.717) is 50.6 Å². The standard InChI is InChI=1S/C31H43FN4O6/c1-3-40-26-9-10-27(41-22-39-2)28(32)25(26)21-35-17-19-36(20-18-35)30(37)29(42-31(33)38)24-12-15-34(16-13-24)14-11-23-7-5-4-6-8-23/h4-10,24,29H,3,11-22H2,1-2H3,(H2,33,38)/t29-/m1/s1. The van der Waals surface area contributed by atoms with Crippen LogP contribution in [0.3, 0.4) is 0 Å². The van der Waals surface area contributed by atoms with Crippen molar-refractivity contribution < 1.29 is 32.9 Å². The quantitative estimate of drug-likeness (QED) is 0.357. The van der Waals surface area contributed by atoms with Gasteiger partial charge in [0, 0.05) is 57.9 Å². The summed E-state index contributed by atoms with van der Waals surface area (Å²) in [4.78, 5) is 31.5. The molecule has 2 heterocycles. The molecule has 2 N–H and O–H groups in total. The summed E-state index contributed by atoms with van der Waals surface area (Å²) in [5.74, 6) is -0.229. The second kappa shape index (κ2) is 15.7. The number of ether oxygens (including phenoxy) is 4. The van der Waals surface area contributed by atoms with Crippen LogP contribution in [-0.4, -0.2) is 99.1 Å². The van der Waals surface area contributed by atoms with Crippen molar-refractivity contribution in [3.05, 3.63) is 59.4 Å². The van der Waals surface area contributed by atoms with Crippen molar-refractivity contribution in [2.45, 2.75) is 38.8 Å². The van der Waals surface area contributed by atoms with Crippen molar-refractivity contribution in [3.63, 3.8) is 0 Å². The van der Waals surface area contributed by atoms with Gasteiger partial charge >= 0.3 is 6.09 Å². The van der Waals surface area contributed by atoms with E-state index in [-0.39, 0.29) is 24.4 Å². The number of amides is 2. The molecule has 42 heavy (non-hydrogen) atoms. The van der Waals surface area contributed by atoms with Gasteiger partial charge in [0.05, 0.1) is 6.61 Å². The zero-order valence-electron chi connectivity index (χ0n) is 24.6. The van der Waals surface area contributed by atoms with Gasteiger partial charge < -0.3 is 34.5 Å². The molecule has 2 aromatic rings. The van der Waals surface area contributed by atoms with Gasteiger partial charge in [-0.1, -0.05) is 30.3 Å². The second-order valence-electron chi connectivity index (χ2n) is 10.7. The third-order valence-corrected chi connectivity index (χ3v) is 7.97. The lowest BCUT2D eigenvalue weighted by atomic mass is 9.90. The number of primary amides is 1. The van der Waals surface area contributed by atoms with Crippen molar-refractivity contribution in [1.29, 1.82) is 0 Å². The van der Waals surface area contributed by atoms with E-state index in [0.717, 1.165) is 38.9 Å². The molecule has 11 heteroatoms. The molecule has 2 aromatic carbocycles. The number of halogens is 1. The summed E-state index contributed by atoms with van der Waals surface area (Å²) in [5, 5.41) is 0. The maximum absolute atomic E-state index is 15.3. The van der Waals surface area contributed by atoms with Gasteiger partial charge in [0.2, 0.25) is 0 Å². The minimum Gasteiger partial charge on any atom is -0.493 e. The van der Waals surface area contributed by atoms with Crippen molar-refractivity contribution >= 4 is 12.0 Å². The van der Waals surface area contributed by atoms with Gasteiger partial charge in [0.25, 0.3) is 5.91 Å².